The maximum atomic E-state index is 13.2. The Balaban J connectivity index is 2.63. The van der Waals surface area contributed by atoms with E-state index < -0.39 is 17.3 Å². The second kappa shape index (κ2) is 3.56. The van der Waals surface area contributed by atoms with Gasteiger partial charge >= 0.3 is 5.69 Å². The minimum Gasteiger partial charge on any atom is -0.303 e. The van der Waals surface area contributed by atoms with E-state index in [1.54, 1.807) is 0 Å². The fourth-order valence-electron chi connectivity index (χ4n) is 1.14. The predicted molar refractivity (Wildman–Crippen MR) is 48.0 cm³/mol. The van der Waals surface area contributed by atoms with Crippen molar-refractivity contribution in [2.24, 2.45) is 0 Å². The van der Waals surface area contributed by atoms with Gasteiger partial charge in [-0.2, -0.15) is 4.98 Å². The molecule has 0 aliphatic carbocycles. The number of hydrogen-bond acceptors (Lipinski definition) is 3. The molecule has 2 rings (SSSR count). The van der Waals surface area contributed by atoms with Crippen LogP contribution in [0.1, 0.15) is 0 Å². The van der Waals surface area contributed by atoms with Gasteiger partial charge in [-0.1, -0.05) is 0 Å². The standard InChI is InChI=1S/C9H5F2N3O/c10-6-1-5(2-12-3-6)8-7(11)4-13-9(15)14-8/h1-4H,(H,13,14,15). The van der Waals surface area contributed by atoms with Crippen molar-refractivity contribution in [3.05, 3.63) is 46.8 Å². The normalized spacial score (nSPS) is 10.3. The molecular formula is C9H5F2N3O. The highest BCUT2D eigenvalue weighted by Gasteiger charge is 2.07. The number of nitrogens with one attached hydrogen (secondary N) is 1. The number of rotatable bonds is 1. The molecule has 0 saturated carbocycles. The zero-order valence-corrected chi connectivity index (χ0v) is 7.37. The second-order valence-electron chi connectivity index (χ2n) is 2.80. The molecule has 0 atom stereocenters. The van der Waals surface area contributed by atoms with E-state index in [1.807, 2.05) is 0 Å². The number of halogens is 2. The third kappa shape index (κ3) is 1.88. The molecule has 0 saturated heterocycles. The van der Waals surface area contributed by atoms with Crippen LogP contribution in [0, 0.1) is 11.6 Å². The van der Waals surface area contributed by atoms with Crippen molar-refractivity contribution in [3.63, 3.8) is 0 Å². The fourth-order valence-corrected chi connectivity index (χ4v) is 1.14. The number of hydrogen-bond donors (Lipinski definition) is 1. The zero-order chi connectivity index (χ0) is 10.8. The Kier molecular flexibility index (Phi) is 2.24. The van der Waals surface area contributed by atoms with Gasteiger partial charge in [-0.3, -0.25) is 4.98 Å². The average Bonchev–Trinajstić information content (AvgIpc) is 2.22. The summed E-state index contributed by atoms with van der Waals surface area (Å²) in [6, 6.07) is 1.07. The highest BCUT2D eigenvalue weighted by Crippen LogP contribution is 2.17. The lowest BCUT2D eigenvalue weighted by molar-refractivity contribution is 0.611. The minimum absolute atomic E-state index is 0.123. The van der Waals surface area contributed by atoms with Crippen LogP contribution in [-0.4, -0.2) is 15.0 Å². The van der Waals surface area contributed by atoms with Crippen LogP contribution in [0.4, 0.5) is 8.78 Å². The van der Waals surface area contributed by atoms with Gasteiger partial charge in [0.05, 0.1) is 18.1 Å². The summed E-state index contributed by atoms with van der Waals surface area (Å²) in [5.74, 6) is -1.34. The minimum atomic E-state index is -0.734. The fraction of sp³-hybridized carbons (Fsp3) is 0. The topological polar surface area (TPSA) is 58.6 Å². The van der Waals surface area contributed by atoms with Crippen LogP contribution in [0.25, 0.3) is 11.3 Å². The average molecular weight is 209 g/mol. The van der Waals surface area contributed by atoms with Crippen LogP contribution >= 0.6 is 0 Å². The summed E-state index contributed by atoms with van der Waals surface area (Å²) in [7, 11) is 0. The SMILES string of the molecule is O=c1ncc(F)c(-c2cncc(F)c2)[nH]1. The highest BCUT2D eigenvalue weighted by atomic mass is 19.1. The molecule has 2 heterocycles. The van der Waals surface area contributed by atoms with E-state index in [2.05, 4.69) is 15.0 Å². The van der Waals surface area contributed by atoms with E-state index >= 15 is 0 Å². The first-order valence-corrected chi connectivity index (χ1v) is 4.02. The molecular weight excluding hydrogens is 204 g/mol. The number of aromatic amines is 1. The van der Waals surface area contributed by atoms with Crippen LogP contribution in [0.15, 0.2) is 29.5 Å². The molecule has 4 nitrogen and oxygen atoms in total. The van der Waals surface area contributed by atoms with E-state index in [9.17, 15) is 13.6 Å². The molecule has 6 heteroatoms. The van der Waals surface area contributed by atoms with E-state index in [0.717, 1.165) is 18.5 Å². The molecule has 0 aromatic carbocycles. The molecule has 2 aromatic rings. The first-order valence-electron chi connectivity index (χ1n) is 4.02. The zero-order valence-electron chi connectivity index (χ0n) is 7.37. The molecule has 1 N–H and O–H groups in total. The molecule has 2 aromatic heterocycles. The number of aromatic nitrogens is 3. The summed E-state index contributed by atoms with van der Waals surface area (Å²) in [6.45, 7) is 0. The van der Waals surface area contributed by atoms with E-state index in [4.69, 9.17) is 0 Å². The molecule has 0 bridgehead atoms. The van der Waals surface area contributed by atoms with E-state index in [0.29, 0.717) is 0 Å². The summed E-state index contributed by atoms with van der Waals surface area (Å²) < 4.78 is 26.0. The molecule has 15 heavy (non-hydrogen) atoms. The molecule has 0 spiro atoms. The lowest BCUT2D eigenvalue weighted by Crippen LogP contribution is -2.11. The van der Waals surface area contributed by atoms with Crippen LogP contribution in [-0.2, 0) is 0 Å². The molecule has 0 aliphatic rings. The Hall–Kier alpha value is -2.11. The second-order valence-corrected chi connectivity index (χ2v) is 2.80. The van der Waals surface area contributed by atoms with E-state index in [-0.39, 0.29) is 11.3 Å². The van der Waals surface area contributed by atoms with Crippen LogP contribution in [0.2, 0.25) is 0 Å². The summed E-state index contributed by atoms with van der Waals surface area (Å²) in [6.07, 6.45) is 3.01. The van der Waals surface area contributed by atoms with Gasteiger partial charge in [-0.15, -0.1) is 0 Å². The van der Waals surface area contributed by atoms with Crippen molar-refractivity contribution in [2.45, 2.75) is 0 Å². The van der Waals surface area contributed by atoms with Crippen LogP contribution < -0.4 is 5.69 Å². The van der Waals surface area contributed by atoms with Crippen LogP contribution in [0.5, 0.6) is 0 Å². The number of H-pyrrole nitrogens is 1. The third-order valence-corrected chi connectivity index (χ3v) is 1.76. The maximum Gasteiger partial charge on any atom is 0.345 e. The van der Waals surface area contributed by atoms with Gasteiger partial charge in [0.25, 0.3) is 0 Å². The summed E-state index contributed by atoms with van der Waals surface area (Å²) in [5.41, 5.74) is -0.662. The molecule has 0 radical (unpaired) electrons. The third-order valence-electron chi connectivity index (χ3n) is 1.76. The van der Waals surface area contributed by atoms with Gasteiger partial charge in [0.1, 0.15) is 5.82 Å². The Morgan fingerprint density at radius 3 is 2.73 bits per heavy atom. The Labute approximate surface area is 82.6 Å². The number of nitrogens with zero attached hydrogens (tertiary/aromatic N) is 2. The first kappa shape index (κ1) is 9.45. The van der Waals surface area contributed by atoms with Gasteiger partial charge in [0.15, 0.2) is 5.82 Å². The first-order chi connectivity index (χ1) is 7.16. The molecule has 0 unspecified atom stereocenters. The molecule has 0 aliphatic heterocycles. The van der Waals surface area contributed by atoms with Crippen molar-refractivity contribution in [1.29, 1.82) is 0 Å². The lowest BCUT2D eigenvalue weighted by atomic mass is 10.2. The summed E-state index contributed by atoms with van der Waals surface area (Å²) in [4.78, 5) is 19.8. The predicted octanol–water partition coefficient (Wildman–Crippen LogP) is 1.11. The molecule has 0 amide bonds. The maximum absolute atomic E-state index is 13.2. The largest absolute Gasteiger partial charge is 0.345 e. The quantitative estimate of drug-likeness (QED) is 0.765. The van der Waals surface area contributed by atoms with Gasteiger partial charge in [-0.25, -0.2) is 13.6 Å². The van der Waals surface area contributed by atoms with Crippen molar-refractivity contribution in [1.82, 2.24) is 15.0 Å². The summed E-state index contributed by atoms with van der Waals surface area (Å²) >= 11 is 0. The molecule has 76 valence electrons. The van der Waals surface area contributed by atoms with Gasteiger partial charge in [0.2, 0.25) is 0 Å². The smallest absolute Gasteiger partial charge is 0.303 e. The highest BCUT2D eigenvalue weighted by molar-refractivity contribution is 5.57. The van der Waals surface area contributed by atoms with Gasteiger partial charge in [-0.05, 0) is 6.07 Å². The van der Waals surface area contributed by atoms with Crippen molar-refractivity contribution in [2.75, 3.05) is 0 Å². The van der Waals surface area contributed by atoms with Crippen molar-refractivity contribution in [3.8, 4) is 11.3 Å². The van der Waals surface area contributed by atoms with Crippen LogP contribution in [0.3, 0.4) is 0 Å². The number of pyridine rings is 1. The van der Waals surface area contributed by atoms with Gasteiger partial charge in [0, 0.05) is 11.8 Å². The van der Waals surface area contributed by atoms with Gasteiger partial charge < -0.3 is 4.98 Å². The lowest BCUT2D eigenvalue weighted by Gasteiger charge is -2.01. The molecule has 0 fully saturated rings. The monoisotopic (exact) mass is 209 g/mol. The van der Waals surface area contributed by atoms with Crippen molar-refractivity contribution >= 4 is 0 Å². The summed E-state index contributed by atoms with van der Waals surface area (Å²) in [5, 5.41) is 0. The van der Waals surface area contributed by atoms with Crippen molar-refractivity contribution < 1.29 is 8.78 Å². The van der Waals surface area contributed by atoms with E-state index in [1.165, 1.54) is 6.20 Å². The Morgan fingerprint density at radius 1 is 1.20 bits per heavy atom. The Morgan fingerprint density at radius 2 is 2.00 bits per heavy atom. The Bertz CT molecular complexity index is 553.